The Hall–Kier alpha value is -1.26. The molecule has 0 unspecified atom stereocenters. The van der Waals surface area contributed by atoms with Gasteiger partial charge in [-0.2, -0.15) is 8.78 Å². The summed E-state index contributed by atoms with van der Waals surface area (Å²) < 4.78 is 30.9. The Labute approximate surface area is 87.8 Å². The number of rotatable bonds is 5. The molecule has 0 saturated heterocycles. The van der Waals surface area contributed by atoms with Gasteiger partial charge >= 0.3 is 11.9 Å². The van der Waals surface area contributed by atoms with Crippen LogP contribution in [0.1, 0.15) is 20.3 Å². The average Bonchev–Trinajstić information content (AvgIpc) is 2.19. The van der Waals surface area contributed by atoms with Crippen LogP contribution < -0.4 is 0 Å². The molecule has 86 valence electrons. The number of ether oxygens (including phenoxy) is 1. The van der Waals surface area contributed by atoms with Crippen LogP contribution >= 0.6 is 0 Å². The molecule has 0 N–H and O–H groups in total. The van der Waals surface area contributed by atoms with E-state index >= 15 is 0 Å². The summed E-state index contributed by atoms with van der Waals surface area (Å²) in [5, 5.41) is 0. The summed E-state index contributed by atoms with van der Waals surface area (Å²) in [4.78, 5) is 14.3. The van der Waals surface area contributed by atoms with Gasteiger partial charge in [-0.3, -0.25) is 4.99 Å². The maximum atomic E-state index is 13.3. The highest BCUT2D eigenvalue weighted by Crippen LogP contribution is 2.19. The molecule has 0 aromatic heterocycles. The van der Waals surface area contributed by atoms with Gasteiger partial charge in [-0.25, -0.2) is 4.79 Å². The summed E-state index contributed by atoms with van der Waals surface area (Å²) in [5.74, 6) is -5.23. The van der Waals surface area contributed by atoms with Gasteiger partial charge in [-0.05, 0) is 19.4 Å². The molecule has 0 atom stereocenters. The van der Waals surface area contributed by atoms with Crippen molar-refractivity contribution in [3.05, 3.63) is 12.2 Å². The third-order valence-electron chi connectivity index (χ3n) is 1.61. The predicted molar refractivity (Wildman–Crippen MR) is 54.4 cm³/mol. The fourth-order valence-corrected chi connectivity index (χ4v) is 0.875. The summed E-state index contributed by atoms with van der Waals surface area (Å²) >= 11 is 0. The standard InChI is InChI=1S/C10H15F2NO2/c1-4-6-7-8(13-3)10(11,12)9(14)15-5-2/h6-7H,4-5H2,1-3H3/b7-6-,13-8?. The molecule has 0 amide bonds. The molecule has 0 rings (SSSR count). The minimum atomic E-state index is -3.67. The van der Waals surface area contributed by atoms with Crippen LogP contribution in [0.3, 0.4) is 0 Å². The van der Waals surface area contributed by atoms with Gasteiger partial charge in [-0.15, -0.1) is 0 Å². The lowest BCUT2D eigenvalue weighted by Crippen LogP contribution is -2.38. The zero-order chi connectivity index (χ0) is 11.9. The Balaban J connectivity index is 4.81. The van der Waals surface area contributed by atoms with Crippen LogP contribution in [0.2, 0.25) is 0 Å². The molecule has 0 aliphatic carbocycles. The van der Waals surface area contributed by atoms with Crippen LogP contribution in [0, 0.1) is 0 Å². The monoisotopic (exact) mass is 219 g/mol. The quantitative estimate of drug-likeness (QED) is 0.525. The van der Waals surface area contributed by atoms with E-state index in [1.807, 2.05) is 0 Å². The fraction of sp³-hybridized carbons (Fsp3) is 0.600. The normalized spacial score (nSPS) is 13.3. The first-order chi connectivity index (χ1) is 7.00. The number of aliphatic imine (C=N–C) groups is 1. The van der Waals surface area contributed by atoms with E-state index in [4.69, 9.17) is 0 Å². The fourth-order valence-electron chi connectivity index (χ4n) is 0.875. The van der Waals surface area contributed by atoms with E-state index in [2.05, 4.69) is 9.73 Å². The van der Waals surface area contributed by atoms with Crippen LogP contribution in [0.25, 0.3) is 0 Å². The van der Waals surface area contributed by atoms with Crippen molar-refractivity contribution < 1.29 is 18.3 Å². The van der Waals surface area contributed by atoms with Crippen LogP contribution in [-0.2, 0) is 9.53 Å². The largest absolute Gasteiger partial charge is 0.461 e. The van der Waals surface area contributed by atoms with Crippen molar-refractivity contribution in [1.29, 1.82) is 0 Å². The molecule has 15 heavy (non-hydrogen) atoms. The van der Waals surface area contributed by atoms with Crippen LogP contribution in [0.4, 0.5) is 8.78 Å². The highest BCUT2D eigenvalue weighted by Gasteiger charge is 2.44. The highest BCUT2D eigenvalue weighted by molar-refractivity contribution is 6.13. The SMILES string of the molecule is CC/C=C\C(=NC)C(F)(F)C(=O)OCC. The Kier molecular flexibility index (Phi) is 5.74. The summed E-state index contributed by atoms with van der Waals surface area (Å²) in [7, 11) is 1.21. The lowest BCUT2D eigenvalue weighted by molar-refractivity contribution is -0.162. The van der Waals surface area contributed by atoms with E-state index in [0.29, 0.717) is 6.42 Å². The van der Waals surface area contributed by atoms with Crippen LogP contribution in [0.5, 0.6) is 0 Å². The summed E-state index contributed by atoms with van der Waals surface area (Å²) in [6, 6.07) is 0. The van der Waals surface area contributed by atoms with E-state index in [-0.39, 0.29) is 6.61 Å². The molecular weight excluding hydrogens is 204 g/mol. The minimum Gasteiger partial charge on any atom is -0.461 e. The van der Waals surface area contributed by atoms with Gasteiger partial charge in [0.25, 0.3) is 0 Å². The molecule has 0 aliphatic rings. The van der Waals surface area contributed by atoms with Crippen molar-refractivity contribution in [3.63, 3.8) is 0 Å². The minimum absolute atomic E-state index is 0.0804. The number of hydrogen-bond donors (Lipinski definition) is 0. The number of alkyl halides is 2. The molecule has 3 nitrogen and oxygen atoms in total. The molecule has 0 bridgehead atoms. The van der Waals surface area contributed by atoms with Crippen molar-refractivity contribution >= 4 is 11.7 Å². The molecule has 0 heterocycles. The lowest BCUT2D eigenvalue weighted by atomic mass is 10.2. The highest BCUT2D eigenvalue weighted by atomic mass is 19.3. The molecule has 0 radical (unpaired) electrons. The van der Waals surface area contributed by atoms with Gasteiger partial charge in [0, 0.05) is 7.05 Å². The Bertz CT molecular complexity index is 273. The van der Waals surface area contributed by atoms with Crippen LogP contribution in [-0.4, -0.2) is 31.3 Å². The Morgan fingerprint density at radius 3 is 2.47 bits per heavy atom. The second kappa shape index (κ2) is 6.27. The molecular formula is C10H15F2NO2. The van der Waals surface area contributed by atoms with Crippen molar-refractivity contribution in [2.75, 3.05) is 13.7 Å². The third kappa shape index (κ3) is 3.77. The van der Waals surface area contributed by atoms with Crippen molar-refractivity contribution in [2.45, 2.75) is 26.2 Å². The first-order valence-corrected chi connectivity index (χ1v) is 4.69. The van der Waals surface area contributed by atoms with Crippen molar-refractivity contribution in [2.24, 2.45) is 4.99 Å². The van der Waals surface area contributed by atoms with Gasteiger partial charge in [0.2, 0.25) is 0 Å². The third-order valence-corrected chi connectivity index (χ3v) is 1.61. The molecule has 0 spiro atoms. The number of esters is 1. The van der Waals surface area contributed by atoms with Crippen molar-refractivity contribution in [3.8, 4) is 0 Å². The number of carbonyl (C=O) groups excluding carboxylic acids is 1. The second-order valence-corrected chi connectivity index (χ2v) is 2.71. The summed E-state index contributed by atoms with van der Waals surface area (Å²) in [6.45, 7) is 3.19. The van der Waals surface area contributed by atoms with E-state index in [0.717, 1.165) is 6.08 Å². The average molecular weight is 219 g/mol. The second-order valence-electron chi connectivity index (χ2n) is 2.71. The molecule has 0 aliphatic heterocycles. The summed E-state index contributed by atoms with van der Waals surface area (Å²) in [6.07, 6.45) is 3.24. The van der Waals surface area contributed by atoms with E-state index < -0.39 is 17.6 Å². The molecule has 0 fully saturated rings. The predicted octanol–water partition coefficient (Wildman–Crippen LogP) is 2.22. The molecule has 5 heteroatoms. The molecule has 0 saturated carbocycles. The van der Waals surface area contributed by atoms with Gasteiger partial charge in [-0.1, -0.05) is 13.0 Å². The van der Waals surface area contributed by atoms with Gasteiger partial charge in [0.1, 0.15) is 5.71 Å². The van der Waals surface area contributed by atoms with E-state index in [1.165, 1.54) is 20.0 Å². The number of hydrogen-bond acceptors (Lipinski definition) is 3. The Morgan fingerprint density at radius 1 is 1.47 bits per heavy atom. The zero-order valence-corrected chi connectivity index (χ0v) is 9.09. The first-order valence-electron chi connectivity index (χ1n) is 4.69. The maximum Gasteiger partial charge on any atom is 0.383 e. The van der Waals surface area contributed by atoms with Crippen molar-refractivity contribution in [1.82, 2.24) is 0 Å². The topological polar surface area (TPSA) is 38.7 Å². The number of carbonyl (C=O) groups is 1. The maximum absolute atomic E-state index is 13.3. The first kappa shape index (κ1) is 13.7. The van der Waals surface area contributed by atoms with Gasteiger partial charge in [0.15, 0.2) is 0 Å². The summed E-state index contributed by atoms with van der Waals surface area (Å²) in [5.41, 5.74) is -0.581. The zero-order valence-electron chi connectivity index (χ0n) is 9.09. The molecule has 0 aromatic carbocycles. The van der Waals surface area contributed by atoms with E-state index in [1.54, 1.807) is 6.92 Å². The van der Waals surface area contributed by atoms with E-state index in [9.17, 15) is 13.6 Å². The Morgan fingerprint density at radius 2 is 2.07 bits per heavy atom. The number of halogens is 2. The number of nitrogens with zero attached hydrogens (tertiary/aromatic N) is 1. The number of allylic oxidation sites excluding steroid dienone is 2. The van der Waals surface area contributed by atoms with Gasteiger partial charge < -0.3 is 4.74 Å². The van der Waals surface area contributed by atoms with Gasteiger partial charge in [0.05, 0.1) is 6.61 Å². The lowest BCUT2D eigenvalue weighted by Gasteiger charge is -2.14. The smallest absolute Gasteiger partial charge is 0.383 e. The van der Waals surface area contributed by atoms with Crippen LogP contribution in [0.15, 0.2) is 17.1 Å². The molecule has 0 aromatic rings.